The second-order valence-corrected chi connectivity index (χ2v) is 3.89. The first-order valence-electron chi connectivity index (χ1n) is 7.37. The number of rotatable bonds is 3. The lowest BCUT2D eigenvalue weighted by molar-refractivity contribution is 0.923. The number of hydrogen-bond donors (Lipinski definition) is 1. The van der Waals surface area contributed by atoms with Crippen molar-refractivity contribution in [1.29, 1.82) is 0 Å². The van der Waals surface area contributed by atoms with Crippen molar-refractivity contribution in [2.75, 3.05) is 24.3 Å². The van der Waals surface area contributed by atoms with Crippen LogP contribution in [-0.2, 0) is 0 Å². The topological polar surface area (TPSA) is 53.9 Å². The third kappa shape index (κ3) is 7.57. The fourth-order valence-electron chi connectivity index (χ4n) is 1.37. The van der Waals surface area contributed by atoms with E-state index in [0.29, 0.717) is 17.7 Å². The van der Waals surface area contributed by atoms with E-state index in [4.69, 9.17) is 0 Å². The molecule has 1 N–H and O–H groups in total. The molecule has 2 aromatic rings. The Labute approximate surface area is 135 Å². The molecule has 0 saturated heterocycles. The first kappa shape index (κ1) is 22.1. The summed E-state index contributed by atoms with van der Waals surface area (Å²) in [6.07, 6.45) is 0. The molecule has 22 heavy (non-hydrogen) atoms. The van der Waals surface area contributed by atoms with Crippen LogP contribution < -0.4 is 10.2 Å². The van der Waals surface area contributed by atoms with Crippen LogP contribution >= 0.6 is 0 Å². The van der Waals surface area contributed by atoms with Crippen LogP contribution in [0, 0.1) is 6.92 Å². The summed E-state index contributed by atoms with van der Waals surface area (Å²) in [5.74, 6) is 1.91. The molecule has 5 heteroatoms. The van der Waals surface area contributed by atoms with Crippen LogP contribution in [0.3, 0.4) is 0 Å². The average molecular weight is 305 g/mol. The van der Waals surface area contributed by atoms with E-state index in [-0.39, 0.29) is 7.43 Å². The van der Waals surface area contributed by atoms with Crippen molar-refractivity contribution < 1.29 is 0 Å². The molecule has 0 bridgehead atoms. The highest BCUT2D eigenvalue weighted by atomic mass is 15.3. The summed E-state index contributed by atoms with van der Waals surface area (Å²) in [6, 6.07) is 9.82. The summed E-state index contributed by atoms with van der Waals surface area (Å²) in [7, 11) is 3.81. The van der Waals surface area contributed by atoms with Gasteiger partial charge in [-0.2, -0.15) is 15.0 Å². The summed E-state index contributed by atoms with van der Waals surface area (Å²) in [4.78, 5) is 14.7. The molecule has 1 aromatic carbocycles. The van der Waals surface area contributed by atoms with E-state index in [1.165, 1.54) is 0 Å². The van der Waals surface area contributed by atoms with Crippen molar-refractivity contribution in [3.63, 3.8) is 0 Å². The first-order chi connectivity index (χ1) is 10.1. The summed E-state index contributed by atoms with van der Waals surface area (Å²) >= 11 is 0. The average Bonchev–Trinajstić information content (AvgIpc) is 2.51. The molecule has 1 aromatic heterocycles. The van der Waals surface area contributed by atoms with E-state index >= 15 is 0 Å². The van der Waals surface area contributed by atoms with Crippen molar-refractivity contribution in [1.82, 2.24) is 15.0 Å². The summed E-state index contributed by atoms with van der Waals surface area (Å²) in [5, 5.41) is 3.15. The van der Waals surface area contributed by atoms with Gasteiger partial charge in [0.25, 0.3) is 0 Å². The van der Waals surface area contributed by atoms with E-state index in [1.807, 2.05) is 83.9 Å². The van der Waals surface area contributed by atoms with Crippen LogP contribution in [0.5, 0.6) is 0 Å². The molecule has 0 aliphatic heterocycles. The molecule has 0 amide bonds. The minimum atomic E-state index is 0. The number of nitrogens with zero attached hydrogens (tertiary/aromatic N) is 4. The van der Waals surface area contributed by atoms with Crippen LogP contribution in [0.4, 0.5) is 17.6 Å². The second kappa shape index (κ2) is 12.6. The summed E-state index contributed by atoms with van der Waals surface area (Å²) in [5.41, 5.74) is 0.961. The van der Waals surface area contributed by atoms with Gasteiger partial charge in [-0.25, -0.2) is 0 Å². The van der Waals surface area contributed by atoms with Crippen molar-refractivity contribution in [2.24, 2.45) is 0 Å². The van der Waals surface area contributed by atoms with Gasteiger partial charge in [0, 0.05) is 19.8 Å². The summed E-state index contributed by atoms with van der Waals surface area (Å²) in [6.45, 7) is 9.85. The van der Waals surface area contributed by atoms with Gasteiger partial charge in [0.2, 0.25) is 11.9 Å². The zero-order valence-electron chi connectivity index (χ0n) is 14.2. The first-order valence-corrected chi connectivity index (χ1v) is 7.37. The van der Waals surface area contributed by atoms with Gasteiger partial charge in [0.1, 0.15) is 5.82 Å². The predicted molar refractivity (Wildman–Crippen MR) is 98.0 cm³/mol. The zero-order valence-corrected chi connectivity index (χ0v) is 14.2. The fraction of sp³-hybridized carbons (Fsp3) is 0.471. The molecule has 0 fully saturated rings. The van der Waals surface area contributed by atoms with E-state index in [1.54, 1.807) is 0 Å². The highest BCUT2D eigenvalue weighted by Gasteiger charge is 2.05. The standard InChI is InChI=1S/C12H15N5.2C2H6.CH4/c1-9-13-11(16-12(14-9)17(2)3)15-10-7-5-4-6-8-10;2*1-2;/h4-8H,1-3H3,(H,13,14,15,16);2*1-2H3;1H4. The summed E-state index contributed by atoms with van der Waals surface area (Å²) < 4.78 is 0. The van der Waals surface area contributed by atoms with Crippen molar-refractivity contribution in [3.8, 4) is 0 Å². The largest absolute Gasteiger partial charge is 0.347 e. The number of aryl methyl sites for hydroxylation is 1. The van der Waals surface area contributed by atoms with Gasteiger partial charge in [-0.3, -0.25) is 0 Å². The number of aromatic nitrogens is 3. The SMILES string of the molecule is C.CC.CC.Cc1nc(Nc2ccccc2)nc(N(C)C)n1. The monoisotopic (exact) mass is 305 g/mol. The van der Waals surface area contributed by atoms with Gasteiger partial charge in [-0.15, -0.1) is 0 Å². The minimum Gasteiger partial charge on any atom is -0.347 e. The molecule has 0 saturated carbocycles. The Morgan fingerprint density at radius 2 is 1.41 bits per heavy atom. The normalized spacial score (nSPS) is 8.32. The molecule has 124 valence electrons. The Morgan fingerprint density at radius 1 is 0.864 bits per heavy atom. The maximum absolute atomic E-state index is 4.32. The van der Waals surface area contributed by atoms with Gasteiger partial charge in [-0.05, 0) is 19.1 Å². The smallest absolute Gasteiger partial charge is 0.232 e. The molecule has 2 rings (SSSR count). The van der Waals surface area contributed by atoms with Gasteiger partial charge in [0.15, 0.2) is 0 Å². The lowest BCUT2D eigenvalue weighted by Gasteiger charge is -2.12. The van der Waals surface area contributed by atoms with E-state index < -0.39 is 0 Å². The highest BCUT2D eigenvalue weighted by molar-refractivity contribution is 5.53. The molecular weight excluding hydrogens is 274 g/mol. The maximum Gasteiger partial charge on any atom is 0.232 e. The zero-order chi connectivity index (χ0) is 16.3. The van der Waals surface area contributed by atoms with E-state index in [9.17, 15) is 0 Å². The van der Waals surface area contributed by atoms with Gasteiger partial charge < -0.3 is 10.2 Å². The van der Waals surface area contributed by atoms with Gasteiger partial charge >= 0.3 is 0 Å². The van der Waals surface area contributed by atoms with Gasteiger partial charge in [-0.1, -0.05) is 53.3 Å². The van der Waals surface area contributed by atoms with Gasteiger partial charge in [0.05, 0.1) is 0 Å². The maximum atomic E-state index is 4.32. The van der Waals surface area contributed by atoms with Crippen LogP contribution in [-0.4, -0.2) is 29.0 Å². The molecule has 0 unspecified atom stereocenters. The Balaban J connectivity index is 0. The predicted octanol–water partition coefficient (Wildman–Crippen LogP) is 4.68. The number of benzene rings is 1. The molecular formula is C17H31N5. The number of anilines is 3. The minimum absolute atomic E-state index is 0. The molecule has 0 spiro atoms. The molecule has 0 aliphatic rings. The Kier molecular flexibility index (Phi) is 12.6. The van der Waals surface area contributed by atoms with Crippen LogP contribution in [0.15, 0.2) is 30.3 Å². The number of nitrogens with one attached hydrogen (secondary N) is 1. The molecule has 0 radical (unpaired) electrons. The Morgan fingerprint density at radius 3 is 1.91 bits per heavy atom. The third-order valence-electron chi connectivity index (χ3n) is 2.17. The quantitative estimate of drug-likeness (QED) is 0.892. The van der Waals surface area contributed by atoms with E-state index in [0.717, 1.165) is 5.69 Å². The lowest BCUT2D eigenvalue weighted by atomic mass is 10.3. The van der Waals surface area contributed by atoms with Crippen LogP contribution in [0.2, 0.25) is 0 Å². The van der Waals surface area contributed by atoms with Crippen molar-refractivity contribution >= 4 is 17.6 Å². The Hall–Kier alpha value is -2.17. The number of para-hydroxylation sites is 1. The molecule has 5 nitrogen and oxygen atoms in total. The Bertz CT molecular complexity index is 498. The van der Waals surface area contributed by atoms with Crippen LogP contribution in [0.25, 0.3) is 0 Å². The molecule has 0 atom stereocenters. The van der Waals surface area contributed by atoms with Crippen molar-refractivity contribution in [2.45, 2.75) is 42.0 Å². The molecule has 1 heterocycles. The highest BCUT2D eigenvalue weighted by Crippen LogP contribution is 2.14. The lowest BCUT2D eigenvalue weighted by Crippen LogP contribution is -2.15. The van der Waals surface area contributed by atoms with Crippen molar-refractivity contribution in [3.05, 3.63) is 36.2 Å². The van der Waals surface area contributed by atoms with Crippen LogP contribution in [0.1, 0.15) is 40.9 Å². The number of hydrogen-bond acceptors (Lipinski definition) is 5. The van der Waals surface area contributed by atoms with E-state index in [2.05, 4.69) is 20.3 Å². The second-order valence-electron chi connectivity index (χ2n) is 3.89. The third-order valence-corrected chi connectivity index (χ3v) is 2.17. The fourth-order valence-corrected chi connectivity index (χ4v) is 1.37. The molecule has 0 aliphatic carbocycles.